The smallest absolute Gasteiger partial charge is 0.408 e. The van der Waals surface area contributed by atoms with Gasteiger partial charge in [0.25, 0.3) is 0 Å². The molecule has 0 aromatic heterocycles. The number of epoxide rings is 3. The van der Waals surface area contributed by atoms with Crippen molar-refractivity contribution in [2.75, 3.05) is 19.8 Å². The van der Waals surface area contributed by atoms with Crippen molar-refractivity contribution in [2.45, 2.75) is 94.3 Å². The van der Waals surface area contributed by atoms with Crippen LogP contribution < -0.4 is 16.4 Å². The van der Waals surface area contributed by atoms with Crippen molar-refractivity contribution in [3.63, 3.8) is 0 Å². The highest BCUT2D eigenvalue weighted by molar-refractivity contribution is 5.96. The van der Waals surface area contributed by atoms with Gasteiger partial charge in [-0.3, -0.25) is 9.59 Å². The Morgan fingerprint density at radius 2 is 0.892 bits per heavy atom. The first kappa shape index (κ1) is 48.2. The molecule has 65 heavy (non-hydrogen) atoms. The van der Waals surface area contributed by atoms with E-state index in [1.165, 1.54) is 0 Å². The lowest BCUT2D eigenvalue weighted by Crippen LogP contribution is -2.50. The number of carbonyl (C=O) groups excluding carboxylic acids is 4. The molecule has 3 aliphatic heterocycles. The summed E-state index contributed by atoms with van der Waals surface area (Å²) in [4.78, 5) is 48.8. The number of ether oxygens (including phenoxy) is 5. The number of nitrogens with one attached hydrogen (secondary N) is 2. The first-order valence-corrected chi connectivity index (χ1v) is 21.8. The van der Waals surface area contributed by atoms with Gasteiger partial charge in [0, 0.05) is 0 Å². The molecular weight excluding hydrogens is 827 g/mol. The van der Waals surface area contributed by atoms with Gasteiger partial charge in [-0.1, -0.05) is 152 Å². The van der Waals surface area contributed by atoms with E-state index in [2.05, 4.69) is 10.6 Å². The van der Waals surface area contributed by atoms with E-state index in [4.69, 9.17) is 29.4 Å². The maximum atomic E-state index is 12.6. The molecule has 3 fully saturated rings. The van der Waals surface area contributed by atoms with Gasteiger partial charge in [0.15, 0.2) is 11.6 Å². The fourth-order valence-corrected chi connectivity index (χ4v) is 6.92. The molecule has 3 heterocycles. The molecule has 5 aromatic rings. The Bertz CT molecular complexity index is 2270. The third-order valence-corrected chi connectivity index (χ3v) is 11.4. The first-order valence-electron chi connectivity index (χ1n) is 21.8. The van der Waals surface area contributed by atoms with Gasteiger partial charge >= 0.3 is 12.2 Å². The van der Waals surface area contributed by atoms with E-state index < -0.39 is 53.2 Å². The van der Waals surface area contributed by atoms with Crippen LogP contribution in [0.2, 0.25) is 0 Å². The second-order valence-corrected chi connectivity index (χ2v) is 17.1. The number of alkyl carbamates (subject to hydrolysis) is 2. The van der Waals surface area contributed by atoms with Crippen LogP contribution in [0.4, 0.5) is 9.59 Å². The lowest BCUT2D eigenvalue weighted by molar-refractivity contribution is -0.125. The minimum absolute atomic E-state index is 0.00588. The van der Waals surface area contributed by atoms with Gasteiger partial charge in [-0.15, -0.1) is 0 Å². The Kier molecular flexibility index (Phi) is 16.8. The molecule has 0 spiro atoms. The van der Waals surface area contributed by atoms with E-state index in [0.29, 0.717) is 39.1 Å². The lowest BCUT2D eigenvalue weighted by atomic mass is 9.93. The second kappa shape index (κ2) is 22.6. The molecule has 13 nitrogen and oxygen atoms in total. The third kappa shape index (κ3) is 15.2. The predicted molar refractivity (Wildman–Crippen MR) is 245 cm³/mol. The highest BCUT2D eigenvalue weighted by atomic mass is 16.6. The zero-order valence-corrected chi connectivity index (χ0v) is 37.1. The molecule has 0 aliphatic carbocycles. The van der Waals surface area contributed by atoms with Crippen LogP contribution in [0, 0.1) is 0 Å². The summed E-state index contributed by atoms with van der Waals surface area (Å²) in [5.41, 5.74) is 8.72. The van der Waals surface area contributed by atoms with Crippen molar-refractivity contribution in [1.29, 1.82) is 0 Å². The van der Waals surface area contributed by atoms with E-state index in [1.807, 2.05) is 159 Å². The molecule has 0 radical (unpaired) electrons. The molecular formula is C52H59N3O10. The second-order valence-electron chi connectivity index (χ2n) is 17.1. The summed E-state index contributed by atoms with van der Waals surface area (Å²) in [6.45, 7) is 7.10. The summed E-state index contributed by atoms with van der Waals surface area (Å²) < 4.78 is 26.2. The maximum absolute atomic E-state index is 12.6. The van der Waals surface area contributed by atoms with Crippen LogP contribution >= 0.6 is 0 Å². The van der Waals surface area contributed by atoms with Crippen molar-refractivity contribution in [3.8, 4) is 0 Å². The number of carbonyl (C=O) groups is 4. The molecule has 0 saturated carbocycles. The van der Waals surface area contributed by atoms with Crippen LogP contribution in [0.15, 0.2) is 152 Å². The van der Waals surface area contributed by atoms with Crippen LogP contribution in [-0.4, -0.2) is 89.7 Å². The third-order valence-electron chi connectivity index (χ3n) is 11.4. The van der Waals surface area contributed by atoms with Crippen molar-refractivity contribution < 1.29 is 48.0 Å². The van der Waals surface area contributed by atoms with E-state index in [-0.39, 0.29) is 24.8 Å². The van der Waals surface area contributed by atoms with Gasteiger partial charge in [0.05, 0.1) is 37.9 Å². The van der Waals surface area contributed by atoms with Crippen molar-refractivity contribution >= 4 is 23.8 Å². The number of aliphatic hydroxyl groups excluding tert-OH is 1. The maximum Gasteiger partial charge on any atom is 0.408 e. The molecule has 3 saturated heterocycles. The van der Waals surface area contributed by atoms with Crippen LogP contribution in [0.1, 0.15) is 48.6 Å². The Labute approximate surface area is 380 Å². The molecule has 0 unspecified atom stereocenters. The Morgan fingerprint density at radius 3 is 1.29 bits per heavy atom. The average molecular weight is 886 g/mol. The number of benzene rings is 5. The molecule has 7 atom stereocenters. The van der Waals surface area contributed by atoms with Crippen molar-refractivity contribution in [2.24, 2.45) is 5.73 Å². The van der Waals surface area contributed by atoms with Gasteiger partial charge < -0.3 is 45.2 Å². The average Bonchev–Trinajstić information content (AvgIpc) is 4.29. The SMILES string of the molecule is C[C@@]1([C@H](O)[C@H](Cc2ccccc2)NC(=O)OCc2ccccc2)CO1.C[C@]1(C(=O)[C@@H](N)Cc2ccccc2)CO1.C[C@]1(C(=O)[C@H](Cc2ccccc2)NC(=O)OCc2ccccc2)CO1. The number of hydrogen-bond donors (Lipinski definition) is 4. The predicted octanol–water partition coefficient (Wildman–Crippen LogP) is 6.47. The molecule has 8 rings (SSSR count). The minimum atomic E-state index is -0.808. The highest BCUT2D eigenvalue weighted by Gasteiger charge is 2.51. The highest BCUT2D eigenvalue weighted by Crippen LogP contribution is 2.33. The summed E-state index contributed by atoms with van der Waals surface area (Å²) in [5, 5.41) is 16.1. The zero-order chi connectivity index (χ0) is 46.3. The lowest BCUT2D eigenvalue weighted by Gasteiger charge is -2.26. The normalized spacial score (nSPS) is 21.7. The molecule has 3 aliphatic rings. The monoisotopic (exact) mass is 885 g/mol. The van der Waals surface area contributed by atoms with E-state index in [9.17, 15) is 24.3 Å². The van der Waals surface area contributed by atoms with Gasteiger partial charge in [-0.05, 0) is 67.9 Å². The van der Waals surface area contributed by atoms with Crippen LogP contribution in [0.5, 0.6) is 0 Å². The molecule has 2 amide bonds. The molecule has 5 N–H and O–H groups in total. The topological polar surface area (TPSA) is 195 Å². The zero-order valence-electron chi connectivity index (χ0n) is 37.1. The standard InChI is InChI=1S/C20H23NO4.C20H21NO4.C12H15NO2/c2*1-20(14-25-20)18(22)17(12-15-8-4-2-5-9-15)21-19(23)24-13-16-10-6-3-7-11-16;1-12(8-15-12)11(14)10(13)7-9-5-3-2-4-6-9/h2-11,17-18,22H,12-14H2,1H3,(H,21,23);2-11,17H,12-14H2,1H3,(H,21,23);2-6,10H,7-8,13H2,1H3/t17-,18+,20-;17-,20+;10-,12+/m000/s1. The fraction of sp³-hybridized carbons (Fsp3) is 0.346. The quantitative estimate of drug-likeness (QED) is 0.0705. The van der Waals surface area contributed by atoms with Gasteiger partial charge in [0.2, 0.25) is 0 Å². The molecule has 13 heteroatoms. The molecule has 0 bridgehead atoms. The van der Waals surface area contributed by atoms with Crippen molar-refractivity contribution in [1.82, 2.24) is 10.6 Å². The fourth-order valence-electron chi connectivity index (χ4n) is 6.92. The van der Waals surface area contributed by atoms with Crippen LogP contribution in [-0.2, 0) is 65.7 Å². The first-order chi connectivity index (χ1) is 31.2. The summed E-state index contributed by atoms with van der Waals surface area (Å²) in [6.07, 6.45) is -0.480. The number of nitrogens with two attached hydrogens (primary N) is 1. The van der Waals surface area contributed by atoms with E-state index in [1.54, 1.807) is 13.8 Å². The van der Waals surface area contributed by atoms with Gasteiger partial charge in [-0.25, -0.2) is 9.59 Å². The minimum Gasteiger partial charge on any atom is -0.445 e. The number of Topliss-reactive ketones (excluding diaryl/α,β-unsaturated/α-hetero) is 2. The van der Waals surface area contributed by atoms with Gasteiger partial charge in [-0.2, -0.15) is 0 Å². The largest absolute Gasteiger partial charge is 0.445 e. The number of rotatable bonds is 18. The Balaban J connectivity index is 0.000000167. The number of amides is 2. The molecule has 342 valence electrons. The molecule has 5 aromatic carbocycles. The van der Waals surface area contributed by atoms with E-state index >= 15 is 0 Å². The van der Waals surface area contributed by atoms with Crippen LogP contribution in [0.25, 0.3) is 0 Å². The van der Waals surface area contributed by atoms with Crippen molar-refractivity contribution in [3.05, 3.63) is 179 Å². The number of ketones is 2. The number of aliphatic hydroxyl groups is 1. The summed E-state index contributed by atoms with van der Waals surface area (Å²) >= 11 is 0. The summed E-state index contributed by atoms with van der Waals surface area (Å²) in [7, 11) is 0. The van der Waals surface area contributed by atoms with Crippen LogP contribution in [0.3, 0.4) is 0 Å². The van der Waals surface area contributed by atoms with E-state index in [0.717, 1.165) is 27.8 Å². The Morgan fingerprint density at radius 1 is 0.538 bits per heavy atom. The summed E-state index contributed by atoms with van der Waals surface area (Å²) in [5.74, 6) is -0.126. The number of hydrogen-bond acceptors (Lipinski definition) is 11. The summed E-state index contributed by atoms with van der Waals surface area (Å²) in [6, 6.07) is 46.3. The Hall–Kier alpha value is -6.22. The van der Waals surface area contributed by atoms with Gasteiger partial charge in [0.1, 0.15) is 36.1 Å².